The molecule has 4 nitrogen and oxygen atoms in total. The normalized spacial score (nSPS) is 10.7. The van der Waals surface area contributed by atoms with Gasteiger partial charge in [0.1, 0.15) is 0 Å². The van der Waals surface area contributed by atoms with Crippen molar-refractivity contribution < 1.29 is 13.5 Å². The van der Waals surface area contributed by atoms with E-state index in [1.807, 2.05) is 0 Å². The Kier molecular flexibility index (Phi) is 4.78. The van der Waals surface area contributed by atoms with Crippen molar-refractivity contribution in [2.24, 2.45) is 0 Å². The van der Waals surface area contributed by atoms with Crippen LogP contribution in [0.4, 0.5) is 13.9 Å². The second-order valence-corrected chi connectivity index (χ2v) is 5.11. The highest BCUT2D eigenvalue weighted by atomic mass is 79.9. The lowest BCUT2D eigenvalue weighted by atomic mass is 10.2. The Balaban J connectivity index is 2.21. The number of nitrogens with one attached hydrogen (secondary N) is 1. The lowest BCUT2D eigenvalue weighted by Crippen LogP contribution is -2.07. The Morgan fingerprint density at radius 2 is 2.21 bits per heavy atom. The summed E-state index contributed by atoms with van der Waals surface area (Å²) in [5.74, 6) is -1.51. The topological polar surface area (TPSA) is 47.0 Å². The minimum absolute atomic E-state index is 0.0220. The SMILES string of the molecule is COCCNc1nc(-c2ccc(F)c(F)c2Br)ns1. The molecule has 2 rings (SSSR count). The maximum absolute atomic E-state index is 13.4. The van der Waals surface area contributed by atoms with Gasteiger partial charge in [-0.15, -0.1) is 0 Å². The number of halogens is 3. The number of hydrogen-bond donors (Lipinski definition) is 1. The van der Waals surface area contributed by atoms with Gasteiger partial charge in [-0.05, 0) is 28.1 Å². The third-order valence-electron chi connectivity index (χ3n) is 2.28. The molecule has 0 unspecified atom stereocenters. The molecule has 0 fully saturated rings. The van der Waals surface area contributed by atoms with Crippen LogP contribution < -0.4 is 5.32 Å². The van der Waals surface area contributed by atoms with E-state index in [1.54, 1.807) is 7.11 Å². The summed E-state index contributed by atoms with van der Waals surface area (Å²) in [5, 5.41) is 3.62. The molecule has 0 bridgehead atoms. The number of anilines is 1. The number of aromatic nitrogens is 2. The average Bonchev–Trinajstić information content (AvgIpc) is 2.85. The summed E-state index contributed by atoms with van der Waals surface area (Å²) in [6.45, 7) is 1.15. The summed E-state index contributed by atoms with van der Waals surface area (Å²) < 4.78 is 35.5. The van der Waals surface area contributed by atoms with Gasteiger partial charge in [0.2, 0.25) is 5.13 Å². The number of benzene rings is 1. The molecular weight excluding hydrogens is 340 g/mol. The van der Waals surface area contributed by atoms with Gasteiger partial charge in [0.15, 0.2) is 17.5 Å². The zero-order valence-electron chi connectivity index (χ0n) is 9.91. The van der Waals surface area contributed by atoms with Gasteiger partial charge in [-0.25, -0.2) is 8.78 Å². The fourth-order valence-electron chi connectivity index (χ4n) is 1.36. The molecule has 0 spiro atoms. The zero-order chi connectivity index (χ0) is 13.8. The minimum atomic E-state index is -0.943. The fourth-order valence-corrected chi connectivity index (χ4v) is 2.47. The van der Waals surface area contributed by atoms with Gasteiger partial charge in [0.25, 0.3) is 0 Å². The lowest BCUT2D eigenvalue weighted by molar-refractivity contribution is 0.211. The molecule has 0 radical (unpaired) electrons. The molecule has 0 saturated heterocycles. The number of ether oxygens (including phenoxy) is 1. The molecule has 2 aromatic rings. The first-order valence-electron chi connectivity index (χ1n) is 5.34. The largest absolute Gasteiger partial charge is 0.383 e. The van der Waals surface area contributed by atoms with Crippen LogP contribution in [0.15, 0.2) is 16.6 Å². The molecule has 0 aliphatic rings. The average molecular weight is 350 g/mol. The summed E-state index contributed by atoms with van der Waals surface area (Å²) in [6.07, 6.45) is 0. The highest BCUT2D eigenvalue weighted by Gasteiger charge is 2.15. The summed E-state index contributed by atoms with van der Waals surface area (Å²) >= 11 is 4.16. The van der Waals surface area contributed by atoms with Crippen LogP contribution in [0.2, 0.25) is 0 Å². The Morgan fingerprint density at radius 1 is 1.42 bits per heavy atom. The van der Waals surface area contributed by atoms with Crippen molar-refractivity contribution in [2.45, 2.75) is 0 Å². The second kappa shape index (κ2) is 6.36. The van der Waals surface area contributed by atoms with Crippen LogP contribution in [0.5, 0.6) is 0 Å². The van der Waals surface area contributed by atoms with Crippen LogP contribution in [0.3, 0.4) is 0 Å². The maximum Gasteiger partial charge on any atom is 0.202 e. The van der Waals surface area contributed by atoms with Crippen LogP contribution >= 0.6 is 27.5 Å². The standard InChI is InChI=1S/C11H10BrF2N3OS/c1-18-5-4-15-11-16-10(17-19-11)6-2-3-7(13)9(14)8(6)12/h2-3H,4-5H2,1H3,(H,15,16,17). The van der Waals surface area contributed by atoms with Crippen molar-refractivity contribution in [3.05, 3.63) is 28.2 Å². The lowest BCUT2D eigenvalue weighted by Gasteiger charge is -2.02. The molecule has 1 N–H and O–H groups in total. The summed E-state index contributed by atoms with van der Waals surface area (Å²) in [5.41, 5.74) is 0.412. The first-order chi connectivity index (χ1) is 9.13. The molecule has 0 aliphatic carbocycles. The van der Waals surface area contributed by atoms with E-state index in [-0.39, 0.29) is 4.47 Å². The molecule has 1 heterocycles. The number of nitrogens with zero attached hydrogens (tertiary/aromatic N) is 2. The first-order valence-corrected chi connectivity index (χ1v) is 6.90. The van der Waals surface area contributed by atoms with Crippen LogP contribution in [-0.2, 0) is 4.74 Å². The third kappa shape index (κ3) is 3.26. The van der Waals surface area contributed by atoms with Gasteiger partial charge >= 0.3 is 0 Å². The Labute approximate surface area is 121 Å². The number of methoxy groups -OCH3 is 1. The Hall–Kier alpha value is -1.12. The molecular formula is C11H10BrF2N3OS. The summed E-state index contributed by atoms with van der Waals surface area (Å²) in [6, 6.07) is 2.48. The van der Waals surface area contributed by atoms with E-state index in [0.29, 0.717) is 29.7 Å². The van der Waals surface area contributed by atoms with Gasteiger partial charge < -0.3 is 10.1 Å². The van der Waals surface area contributed by atoms with Crippen molar-refractivity contribution in [1.29, 1.82) is 0 Å². The number of hydrogen-bond acceptors (Lipinski definition) is 5. The molecule has 8 heteroatoms. The van der Waals surface area contributed by atoms with E-state index < -0.39 is 11.6 Å². The van der Waals surface area contributed by atoms with Crippen molar-refractivity contribution in [1.82, 2.24) is 9.36 Å². The van der Waals surface area contributed by atoms with E-state index in [9.17, 15) is 8.78 Å². The van der Waals surface area contributed by atoms with Crippen molar-refractivity contribution in [3.8, 4) is 11.4 Å². The Morgan fingerprint density at radius 3 is 2.95 bits per heavy atom. The van der Waals surface area contributed by atoms with Crippen molar-refractivity contribution >= 4 is 32.6 Å². The van der Waals surface area contributed by atoms with E-state index in [0.717, 1.165) is 17.6 Å². The van der Waals surface area contributed by atoms with Crippen molar-refractivity contribution in [3.63, 3.8) is 0 Å². The van der Waals surface area contributed by atoms with E-state index in [1.165, 1.54) is 6.07 Å². The van der Waals surface area contributed by atoms with Gasteiger partial charge in [-0.2, -0.15) is 9.36 Å². The van der Waals surface area contributed by atoms with E-state index >= 15 is 0 Å². The predicted molar refractivity (Wildman–Crippen MR) is 73.3 cm³/mol. The first kappa shape index (κ1) is 14.3. The Bertz CT molecular complexity index is 579. The highest BCUT2D eigenvalue weighted by Crippen LogP contribution is 2.31. The highest BCUT2D eigenvalue weighted by molar-refractivity contribution is 9.10. The van der Waals surface area contributed by atoms with Crippen LogP contribution in [0, 0.1) is 11.6 Å². The fraction of sp³-hybridized carbons (Fsp3) is 0.273. The van der Waals surface area contributed by atoms with Crippen LogP contribution in [0.1, 0.15) is 0 Å². The maximum atomic E-state index is 13.4. The summed E-state index contributed by atoms with van der Waals surface area (Å²) in [4.78, 5) is 4.21. The molecule has 1 aromatic carbocycles. The molecule has 0 aliphatic heterocycles. The van der Waals surface area contributed by atoms with Gasteiger partial charge in [-0.1, -0.05) is 0 Å². The molecule has 1 aromatic heterocycles. The van der Waals surface area contributed by atoms with Crippen molar-refractivity contribution in [2.75, 3.05) is 25.6 Å². The molecule has 0 amide bonds. The number of rotatable bonds is 5. The van der Waals surface area contributed by atoms with E-state index in [2.05, 4.69) is 30.6 Å². The zero-order valence-corrected chi connectivity index (χ0v) is 12.3. The van der Waals surface area contributed by atoms with E-state index in [4.69, 9.17) is 4.74 Å². The molecule has 0 atom stereocenters. The van der Waals surface area contributed by atoms with Gasteiger partial charge in [0, 0.05) is 30.8 Å². The minimum Gasteiger partial charge on any atom is -0.383 e. The van der Waals surface area contributed by atoms with Gasteiger partial charge in [0.05, 0.1) is 11.1 Å². The monoisotopic (exact) mass is 349 g/mol. The summed E-state index contributed by atoms with van der Waals surface area (Å²) in [7, 11) is 1.60. The molecule has 0 saturated carbocycles. The smallest absolute Gasteiger partial charge is 0.202 e. The quantitative estimate of drug-likeness (QED) is 0.664. The van der Waals surface area contributed by atoms with Crippen LogP contribution in [0.25, 0.3) is 11.4 Å². The molecule has 19 heavy (non-hydrogen) atoms. The predicted octanol–water partition coefficient (Wildman–Crippen LogP) is 3.30. The van der Waals surface area contributed by atoms with Gasteiger partial charge in [-0.3, -0.25) is 0 Å². The van der Waals surface area contributed by atoms with Crippen LogP contribution in [-0.4, -0.2) is 29.6 Å². The second-order valence-electron chi connectivity index (χ2n) is 3.57. The third-order valence-corrected chi connectivity index (χ3v) is 3.73. The molecule has 102 valence electrons.